The Hall–Kier alpha value is -0.980. The Morgan fingerprint density at radius 2 is 1.09 bits per heavy atom. The maximum Gasteiger partial charge on any atom is 0.0552 e. The molecule has 7 N–H and O–H groups in total. The van der Waals surface area contributed by atoms with Gasteiger partial charge >= 0.3 is 0 Å². The van der Waals surface area contributed by atoms with Crippen LogP contribution in [-0.2, 0) is 32.4 Å². The van der Waals surface area contributed by atoms with Crippen LogP contribution < -0.4 is 11.5 Å². The van der Waals surface area contributed by atoms with Gasteiger partial charge in [0.05, 0.1) is 18.3 Å². The van der Waals surface area contributed by atoms with E-state index in [2.05, 4.69) is 0 Å². The van der Waals surface area contributed by atoms with Crippen LogP contribution in [0.1, 0.15) is 48.6 Å². The maximum atomic E-state index is 9.81. The van der Waals surface area contributed by atoms with E-state index in [0.29, 0.717) is 32.4 Å². The lowest BCUT2D eigenvalue weighted by molar-refractivity contribution is 0.192. The summed E-state index contributed by atoms with van der Waals surface area (Å²) in [6, 6.07) is 2.00. The first-order valence-electron chi connectivity index (χ1n) is 7.89. The van der Waals surface area contributed by atoms with Gasteiger partial charge < -0.3 is 26.8 Å². The molecule has 5 nitrogen and oxygen atoms in total. The highest BCUT2D eigenvalue weighted by atomic mass is 16.3. The molecule has 126 valence electrons. The molecule has 3 atom stereocenters. The number of rotatable bonds is 8. The fraction of sp³-hybridized carbons (Fsp3) is 0.647. The van der Waals surface area contributed by atoms with Gasteiger partial charge in [-0.3, -0.25) is 0 Å². The molecule has 0 bridgehead atoms. The van der Waals surface area contributed by atoms with Crippen LogP contribution in [0.15, 0.2) is 6.07 Å². The van der Waals surface area contributed by atoms with E-state index in [-0.39, 0.29) is 0 Å². The first kappa shape index (κ1) is 19.1. The van der Waals surface area contributed by atoms with Gasteiger partial charge in [-0.15, -0.1) is 0 Å². The van der Waals surface area contributed by atoms with E-state index >= 15 is 0 Å². The quantitative estimate of drug-likeness (QED) is 0.476. The SMILES string of the molecule is CC(O)Cc1cc(CC(C)O)c(CN)c(CC(C)O)c1CN. The Morgan fingerprint density at radius 3 is 1.36 bits per heavy atom. The predicted molar refractivity (Wildman–Crippen MR) is 88.4 cm³/mol. The minimum atomic E-state index is -0.503. The van der Waals surface area contributed by atoms with Gasteiger partial charge in [0.25, 0.3) is 0 Å². The smallest absolute Gasteiger partial charge is 0.0552 e. The van der Waals surface area contributed by atoms with Crippen molar-refractivity contribution in [1.82, 2.24) is 0 Å². The average molecular weight is 310 g/mol. The van der Waals surface area contributed by atoms with Crippen molar-refractivity contribution in [1.29, 1.82) is 0 Å². The molecule has 0 saturated carbocycles. The number of aliphatic hydroxyl groups excluding tert-OH is 3. The first-order chi connectivity index (χ1) is 10.3. The van der Waals surface area contributed by atoms with Crippen molar-refractivity contribution < 1.29 is 15.3 Å². The third-order valence-electron chi connectivity index (χ3n) is 3.79. The molecule has 1 aromatic carbocycles. The molecule has 0 aliphatic rings. The van der Waals surface area contributed by atoms with E-state index in [4.69, 9.17) is 11.5 Å². The lowest BCUT2D eigenvalue weighted by Gasteiger charge is -2.23. The number of hydrogen-bond acceptors (Lipinski definition) is 5. The van der Waals surface area contributed by atoms with E-state index in [0.717, 1.165) is 27.8 Å². The Bertz CT molecular complexity index is 449. The zero-order chi connectivity index (χ0) is 16.9. The summed E-state index contributed by atoms with van der Waals surface area (Å²) in [4.78, 5) is 0. The summed E-state index contributed by atoms with van der Waals surface area (Å²) >= 11 is 0. The van der Waals surface area contributed by atoms with Gasteiger partial charge in [0, 0.05) is 13.1 Å². The van der Waals surface area contributed by atoms with E-state index in [9.17, 15) is 15.3 Å². The molecule has 0 aliphatic carbocycles. The average Bonchev–Trinajstić information content (AvgIpc) is 2.37. The standard InChI is InChI=1S/C17H30N2O3/c1-10(20)4-13-7-14(5-11(2)21)17(9-19)15(6-12(3)22)16(13)8-18/h7,10-12,20-22H,4-6,8-9,18-19H2,1-3H3. The monoisotopic (exact) mass is 310 g/mol. The van der Waals surface area contributed by atoms with Crippen molar-refractivity contribution in [3.63, 3.8) is 0 Å². The van der Waals surface area contributed by atoms with Crippen LogP contribution in [0.4, 0.5) is 0 Å². The highest BCUT2D eigenvalue weighted by molar-refractivity contribution is 5.47. The van der Waals surface area contributed by atoms with Crippen LogP contribution in [0.5, 0.6) is 0 Å². The van der Waals surface area contributed by atoms with E-state index in [1.54, 1.807) is 20.8 Å². The van der Waals surface area contributed by atoms with E-state index in [1.165, 1.54) is 0 Å². The van der Waals surface area contributed by atoms with E-state index < -0.39 is 18.3 Å². The first-order valence-corrected chi connectivity index (χ1v) is 7.89. The topological polar surface area (TPSA) is 113 Å². The number of nitrogens with two attached hydrogens (primary N) is 2. The fourth-order valence-electron chi connectivity index (χ4n) is 3.01. The predicted octanol–water partition coefficient (Wildman–Crippen LogP) is 0.374. The zero-order valence-corrected chi connectivity index (χ0v) is 13.8. The Balaban J connectivity index is 3.50. The maximum absolute atomic E-state index is 9.81. The molecule has 0 radical (unpaired) electrons. The second-order valence-electron chi connectivity index (χ2n) is 6.20. The molecule has 0 spiro atoms. The van der Waals surface area contributed by atoms with Gasteiger partial charge in [-0.25, -0.2) is 0 Å². The van der Waals surface area contributed by atoms with Crippen LogP contribution in [-0.4, -0.2) is 33.6 Å². The molecule has 5 heteroatoms. The molecular formula is C17H30N2O3. The molecule has 0 amide bonds. The fourth-order valence-corrected chi connectivity index (χ4v) is 3.01. The Labute approximate surface area is 133 Å². The molecule has 0 fully saturated rings. The molecule has 0 aromatic heterocycles. The summed E-state index contributed by atoms with van der Waals surface area (Å²) < 4.78 is 0. The number of aliphatic hydroxyl groups is 3. The molecule has 0 aliphatic heterocycles. The van der Waals surface area contributed by atoms with Gasteiger partial charge in [0.15, 0.2) is 0 Å². The summed E-state index contributed by atoms with van der Waals surface area (Å²) in [5, 5.41) is 29.3. The van der Waals surface area contributed by atoms with Gasteiger partial charge in [-0.05, 0) is 67.9 Å². The summed E-state index contributed by atoms with van der Waals surface area (Å²) in [6.45, 7) is 5.88. The van der Waals surface area contributed by atoms with Gasteiger partial charge in [-0.1, -0.05) is 6.07 Å². The van der Waals surface area contributed by atoms with Crippen molar-refractivity contribution in [3.8, 4) is 0 Å². The Kier molecular flexibility index (Phi) is 7.45. The summed E-state index contributed by atoms with van der Waals surface area (Å²) in [5.74, 6) is 0. The van der Waals surface area contributed by atoms with Crippen molar-refractivity contribution in [2.24, 2.45) is 11.5 Å². The molecule has 1 rings (SSSR count). The minimum absolute atomic E-state index is 0.339. The third-order valence-corrected chi connectivity index (χ3v) is 3.79. The zero-order valence-electron chi connectivity index (χ0n) is 13.8. The minimum Gasteiger partial charge on any atom is -0.393 e. The van der Waals surface area contributed by atoms with Gasteiger partial charge in [-0.2, -0.15) is 0 Å². The number of hydrogen-bond donors (Lipinski definition) is 5. The highest BCUT2D eigenvalue weighted by Gasteiger charge is 2.19. The van der Waals surface area contributed by atoms with Crippen LogP contribution in [0.2, 0.25) is 0 Å². The summed E-state index contributed by atoms with van der Waals surface area (Å²) in [5.41, 5.74) is 16.7. The van der Waals surface area contributed by atoms with E-state index in [1.807, 2.05) is 6.07 Å². The highest BCUT2D eigenvalue weighted by Crippen LogP contribution is 2.27. The molecule has 22 heavy (non-hydrogen) atoms. The Morgan fingerprint density at radius 1 is 0.727 bits per heavy atom. The van der Waals surface area contributed by atoms with Crippen LogP contribution in [0, 0.1) is 0 Å². The molecular weight excluding hydrogens is 280 g/mol. The van der Waals surface area contributed by atoms with Crippen LogP contribution >= 0.6 is 0 Å². The van der Waals surface area contributed by atoms with Gasteiger partial charge in [0.1, 0.15) is 0 Å². The van der Waals surface area contributed by atoms with Crippen LogP contribution in [0.25, 0.3) is 0 Å². The lowest BCUT2D eigenvalue weighted by atomic mass is 9.85. The number of benzene rings is 1. The lowest BCUT2D eigenvalue weighted by Crippen LogP contribution is -2.21. The van der Waals surface area contributed by atoms with Crippen molar-refractivity contribution in [2.45, 2.75) is 71.4 Å². The van der Waals surface area contributed by atoms with Crippen molar-refractivity contribution in [2.75, 3.05) is 0 Å². The molecule has 0 saturated heterocycles. The van der Waals surface area contributed by atoms with Crippen LogP contribution in [0.3, 0.4) is 0 Å². The summed E-state index contributed by atoms with van der Waals surface area (Å²) in [7, 11) is 0. The second-order valence-corrected chi connectivity index (χ2v) is 6.20. The third kappa shape index (κ3) is 5.04. The molecule has 1 aromatic rings. The molecule has 3 unspecified atom stereocenters. The largest absolute Gasteiger partial charge is 0.393 e. The van der Waals surface area contributed by atoms with Crippen molar-refractivity contribution in [3.05, 3.63) is 33.9 Å². The normalized spacial score (nSPS) is 15.6. The van der Waals surface area contributed by atoms with Gasteiger partial charge in [0.2, 0.25) is 0 Å². The molecule has 0 heterocycles. The summed E-state index contributed by atoms with van der Waals surface area (Å²) in [6.07, 6.45) is 0.00512. The second kappa shape index (κ2) is 8.60. The van der Waals surface area contributed by atoms with Crippen molar-refractivity contribution >= 4 is 0 Å².